The van der Waals surface area contributed by atoms with Crippen LogP contribution in [0.15, 0.2) is 24.3 Å². The number of carboxylic acids is 1. The van der Waals surface area contributed by atoms with Crippen molar-refractivity contribution in [2.75, 3.05) is 26.2 Å². The molecule has 0 atom stereocenters. The van der Waals surface area contributed by atoms with Crippen LogP contribution in [0.1, 0.15) is 214 Å². The zero-order valence-corrected chi connectivity index (χ0v) is 31.7. The van der Waals surface area contributed by atoms with Crippen LogP contribution in [-0.4, -0.2) is 36.6 Å². The largest absolute Gasteiger partial charge is 0.550 e. The van der Waals surface area contributed by atoms with Crippen molar-refractivity contribution in [3.63, 3.8) is 0 Å². The van der Waals surface area contributed by atoms with Crippen molar-refractivity contribution >= 4 is 5.97 Å². The molecule has 0 aliphatic heterocycles. The van der Waals surface area contributed by atoms with Gasteiger partial charge >= 0.3 is 0 Å². The normalized spacial score (nSPS) is 11.8. The Morgan fingerprint density at radius 1 is 0.422 bits per heavy atom. The fourth-order valence-electron chi connectivity index (χ4n) is 6.36. The Bertz CT molecular complexity index is 574. The Morgan fingerprint density at radius 2 is 0.644 bits per heavy atom. The first-order valence-corrected chi connectivity index (χ1v) is 20.3. The van der Waals surface area contributed by atoms with Gasteiger partial charge in [0.05, 0.1) is 26.2 Å². The fourth-order valence-corrected chi connectivity index (χ4v) is 6.36. The number of carbonyl (C=O) groups excluding carboxylic acids is 1. The van der Waals surface area contributed by atoms with Gasteiger partial charge in [-0.3, -0.25) is 0 Å². The number of hydrogen-bond donors (Lipinski definition) is 0. The monoisotopic (exact) mass is 634 g/mol. The summed E-state index contributed by atoms with van der Waals surface area (Å²) in [5, 5.41) is 8.89. The number of aliphatic carboxylic acids is 1. The molecule has 3 heteroatoms. The molecule has 0 saturated heterocycles. The SMILES string of the molecule is CC(=O)[O-].CCCCCCCCC=CCCCCCCCC[N+](CC)(CC)CCCCCCCCC=CCCCCCCCC. The maximum absolute atomic E-state index is 8.89. The molecule has 0 N–H and O–H groups in total. The van der Waals surface area contributed by atoms with Crippen LogP contribution >= 0.6 is 0 Å². The first-order valence-electron chi connectivity index (χ1n) is 20.3. The Hall–Kier alpha value is -1.09. The quantitative estimate of drug-likeness (QED) is 0.0402. The Morgan fingerprint density at radius 3 is 0.889 bits per heavy atom. The van der Waals surface area contributed by atoms with Crippen molar-refractivity contribution in [3.05, 3.63) is 24.3 Å². The zero-order valence-electron chi connectivity index (χ0n) is 31.7. The number of carbonyl (C=O) groups is 1. The second kappa shape index (κ2) is 39.1. The minimum absolute atomic E-state index is 0.972. The number of quaternary nitrogens is 1. The van der Waals surface area contributed by atoms with Crippen molar-refractivity contribution in [3.8, 4) is 0 Å². The van der Waals surface area contributed by atoms with Crippen molar-refractivity contribution in [2.45, 2.75) is 214 Å². The number of carboxylic acid groups (broad SMARTS) is 1. The lowest BCUT2D eigenvalue weighted by atomic mass is 10.1. The average Bonchev–Trinajstić information content (AvgIpc) is 3.03. The van der Waals surface area contributed by atoms with Crippen LogP contribution in [0.25, 0.3) is 0 Å². The number of nitrogens with zero attached hydrogens (tertiary/aromatic N) is 1. The maximum Gasteiger partial charge on any atom is 0.0786 e. The molecular formula is C42H83NO2. The van der Waals surface area contributed by atoms with Crippen LogP contribution in [-0.2, 0) is 4.79 Å². The average molecular weight is 634 g/mol. The van der Waals surface area contributed by atoms with E-state index in [0.29, 0.717) is 0 Å². The third-order valence-electron chi connectivity index (χ3n) is 9.63. The smallest absolute Gasteiger partial charge is 0.0786 e. The molecule has 3 nitrogen and oxygen atoms in total. The van der Waals surface area contributed by atoms with Gasteiger partial charge in [-0.2, -0.15) is 0 Å². The molecule has 0 saturated carbocycles. The van der Waals surface area contributed by atoms with E-state index >= 15 is 0 Å². The first-order chi connectivity index (χ1) is 22.0. The summed E-state index contributed by atoms with van der Waals surface area (Å²) in [7, 11) is 0. The van der Waals surface area contributed by atoms with Crippen LogP contribution in [0.5, 0.6) is 0 Å². The molecule has 0 bridgehead atoms. The second-order valence-electron chi connectivity index (χ2n) is 13.8. The minimum atomic E-state index is -1.08. The third-order valence-corrected chi connectivity index (χ3v) is 9.63. The Balaban J connectivity index is 0. The highest BCUT2D eigenvalue weighted by Crippen LogP contribution is 2.16. The Labute approximate surface area is 284 Å². The summed E-state index contributed by atoms with van der Waals surface area (Å²) < 4.78 is 1.37. The second-order valence-corrected chi connectivity index (χ2v) is 13.8. The number of allylic oxidation sites excluding steroid dienone is 4. The van der Waals surface area contributed by atoms with E-state index in [4.69, 9.17) is 9.90 Å². The molecule has 0 unspecified atom stereocenters. The van der Waals surface area contributed by atoms with Gasteiger partial charge in [0.25, 0.3) is 0 Å². The van der Waals surface area contributed by atoms with E-state index in [0.717, 1.165) is 6.92 Å². The molecule has 0 radical (unpaired) electrons. The summed E-state index contributed by atoms with van der Waals surface area (Å²) in [6, 6.07) is 0. The number of unbranched alkanes of at least 4 members (excludes halogenated alkanes) is 24. The number of rotatable bonds is 34. The van der Waals surface area contributed by atoms with Crippen LogP contribution in [0, 0.1) is 0 Å². The van der Waals surface area contributed by atoms with Gasteiger partial charge in [0.1, 0.15) is 0 Å². The minimum Gasteiger partial charge on any atom is -0.550 e. The van der Waals surface area contributed by atoms with E-state index in [2.05, 4.69) is 52.0 Å². The highest BCUT2D eigenvalue weighted by atomic mass is 16.4. The fraction of sp³-hybridized carbons (Fsp3) is 0.881. The summed E-state index contributed by atoms with van der Waals surface area (Å²) in [5.41, 5.74) is 0. The van der Waals surface area contributed by atoms with Gasteiger partial charge in [0.2, 0.25) is 0 Å². The molecule has 0 rings (SSSR count). The van der Waals surface area contributed by atoms with Crippen molar-refractivity contribution < 1.29 is 14.4 Å². The highest BCUT2D eigenvalue weighted by Gasteiger charge is 2.21. The molecule has 0 aliphatic carbocycles. The predicted octanol–water partition coefficient (Wildman–Crippen LogP) is 12.7. The first kappa shape index (κ1) is 46.0. The highest BCUT2D eigenvalue weighted by molar-refractivity contribution is 5.60. The lowest BCUT2D eigenvalue weighted by molar-refractivity contribution is -0.925. The van der Waals surface area contributed by atoms with E-state index < -0.39 is 5.97 Å². The molecule has 0 aliphatic rings. The van der Waals surface area contributed by atoms with E-state index in [-0.39, 0.29) is 0 Å². The Kier molecular flexibility index (Phi) is 40.0. The van der Waals surface area contributed by atoms with E-state index in [1.165, 1.54) is 210 Å². The molecule has 0 aromatic rings. The van der Waals surface area contributed by atoms with Gasteiger partial charge in [-0.25, -0.2) is 0 Å². The third kappa shape index (κ3) is 39.0. The van der Waals surface area contributed by atoms with E-state index in [1.54, 1.807) is 0 Å². The van der Waals surface area contributed by atoms with Crippen molar-refractivity contribution in [1.82, 2.24) is 0 Å². The maximum atomic E-state index is 8.89. The van der Waals surface area contributed by atoms with E-state index in [9.17, 15) is 0 Å². The molecule has 268 valence electrons. The molecule has 45 heavy (non-hydrogen) atoms. The van der Waals surface area contributed by atoms with Gasteiger partial charge in [0, 0.05) is 5.97 Å². The zero-order chi connectivity index (χ0) is 33.5. The van der Waals surface area contributed by atoms with Gasteiger partial charge in [0.15, 0.2) is 0 Å². The van der Waals surface area contributed by atoms with Gasteiger partial charge in [-0.1, -0.05) is 141 Å². The van der Waals surface area contributed by atoms with Crippen LogP contribution in [0.3, 0.4) is 0 Å². The van der Waals surface area contributed by atoms with Crippen molar-refractivity contribution in [2.24, 2.45) is 0 Å². The molecule has 0 spiro atoms. The van der Waals surface area contributed by atoms with Crippen molar-refractivity contribution in [1.29, 1.82) is 0 Å². The predicted molar refractivity (Wildman–Crippen MR) is 201 cm³/mol. The molecule has 0 amide bonds. The van der Waals surface area contributed by atoms with E-state index in [1.807, 2.05) is 0 Å². The molecule has 0 heterocycles. The lowest BCUT2D eigenvalue weighted by Gasteiger charge is -2.37. The summed E-state index contributed by atoms with van der Waals surface area (Å²) in [6.45, 7) is 15.9. The summed E-state index contributed by atoms with van der Waals surface area (Å²) >= 11 is 0. The van der Waals surface area contributed by atoms with Crippen LogP contribution in [0.4, 0.5) is 0 Å². The molecule has 0 aromatic heterocycles. The summed E-state index contributed by atoms with van der Waals surface area (Å²) in [4.78, 5) is 8.89. The van der Waals surface area contributed by atoms with Crippen LogP contribution < -0.4 is 5.11 Å². The molecule has 0 aromatic carbocycles. The number of hydrogen-bond acceptors (Lipinski definition) is 2. The molecular weight excluding hydrogens is 550 g/mol. The van der Waals surface area contributed by atoms with Gasteiger partial charge < -0.3 is 14.4 Å². The topological polar surface area (TPSA) is 40.1 Å². The van der Waals surface area contributed by atoms with Gasteiger partial charge in [-0.05, 0) is 97.8 Å². The van der Waals surface area contributed by atoms with Crippen LogP contribution in [0.2, 0.25) is 0 Å². The lowest BCUT2D eigenvalue weighted by Crippen LogP contribution is -2.49. The standard InChI is InChI=1S/C40H80N.C2H4O2/c1-5-9-11-13-15-17-19-21-23-25-27-29-31-33-35-37-39-41(7-3,8-4)40-38-36-34-32-30-28-26-24-22-20-18-16-14-12-10-6-2;1-2(3)4/h21-24H,5-20,25-40H2,1-4H3;1H3,(H,3,4)/q+1;/p-1. The summed E-state index contributed by atoms with van der Waals surface area (Å²) in [5.74, 6) is -1.08. The van der Waals surface area contributed by atoms with Gasteiger partial charge in [-0.15, -0.1) is 0 Å². The molecule has 0 fully saturated rings. The summed E-state index contributed by atoms with van der Waals surface area (Å²) in [6.07, 6.45) is 49.2.